The Bertz CT molecular complexity index is 934. The van der Waals surface area contributed by atoms with E-state index in [1.54, 1.807) is 4.90 Å². The van der Waals surface area contributed by atoms with E-state index in [1.165, 1.54) is 31.0 Å². The van der Waals surface area contributed by atoms with Crippen LogP contribution in [-0.2, 0) is 14.3 Å². The minimum atomic E-state index is -0.0939. The van der Waals surface area contributed by atoms with E-state index < -0.39 is 0 Å². The van der Waals surface area contributed by atoms with Crippen molar-refractivity contribution in [3.63, 3.8) is 0 Å². The lowest BCUT2D eigenvalue weighted by molar-refractivity contribution is -0.143. The minimum absolute atomic E-state index is 0.0505. The Morgan fingerprint density at radius 3 is 2.62 bits per heavy atom. The maximum Gasteiger partial charge on any atom is 0.266 e. The highest BCUT2D eigenvalue weighted by Crippen LogP contribution is 2.35. The summed E-state index contributed by atoms with van der Waals surface area (Å²) in [4.78, 5) is 29.8. The van der Waals surface area contributed by atoms with Crippen molar-refractivity contribution in [2.24, 2.45) is 0 Å². The number of morpholine rings is 1. The lowest BCUT2D eigenvalue weighted by Gasteiger charge is -2.35. The molecule has 3 fully saturated rings. The lowest BCUT2D eigenvalue weighted by Crippen LogP contribution is -2.48. The molecule has 1 aromatic carbocycles. The Labute approximate surface area is 212 Å². The number of para-hydroxylation sites is 1. The van der Waals surface area contributed by atoms with Crippen molar-refractivity contribution >= 4 is 46.2 Å². The van der Waals surface area contributed by atoms with Crippen molar-refractivity contribution < 1.29 is 19.1 Å². The van der Waals surface area contributed by atoms with Crippen molar-refractivity contribution in [1.82, 2.24) is 9.80 Å². The molecule has 2 atom stereocenters. The van der Waals surface area contributed by atoms with Crippen molar-refractivity contribution in [2.45, 2.75) is 77.1 Å². The van der Waals surface area contributed by atoms with Gasteiger partial charge < -0.3 is 14.4 Å². The topological polar surface area (TPSA) is 59.1 Å². The molecule has 6 nitrogen and oxygen atoms in total. The van der Waals surface area contributed by atoms with Crippen LogP contribution in [0.25, 0.3) is 6.08 Å². The number of amides is 2. The number of carbonyl (C=O) groups excluding carboxylic acids is 2. The molecular formula is C26H34N2O4S2. The number of thioether (sulfide) groups is 1. The van der Waals surface area contributed by atoms with E-state index in [1.807, 2.05) is 49.1 Å². The van der Waals surface area contributed by atoms with Crippen molar-refractivity contribution in [1.29, 1.82) is 0 Å². The van der Waals surface area contributed by atoms with Crippen molar-refractivity contribution in [2.75, 3.05) is 19.6 Å². The Morgan fingerprint density at radius 2 is 1.88 bits per heavy atom. The second-order valence-electron chi connectivity index (χ2n) is 9.41. The highest BCUT2D eigenvalue weighted by atomic mass is 32.2. The van der Waals surface area contributed by atoms with Gasteiger partial charge in [0.25, 0.3) is 5.91 Å². The SMILES string of the molecule is CC1CN(C(=O)CCCN2C(=O)/C(=C/c3ccccc3OC3CCCCC3)SC2=S)CC(C)O1. The summed E-state index contributed by atoms with van der Waals surface area (Å²) >= 11 is 6.81. The van der Waals surface area contributed by atoms with Gasteiger partial charge in [0.2, 0.25) is 5.91 Å². The predicted molar refractivity (Wildman–Crippen MR) is 140 cm³/mol. The van der Waals surface area contributed by atoms with Gasteiger partial charge in [0.1, 0.15) is 10.1 Å². The first-order valence-corrected chi connectivity index (χ1v) is 13.6. The fourth-order valence-corrected chi connectivity index (χ4v) is 6.13. The van der Waals surface area contributed by atoms with Gasteiger partial charge in [-0.3, -0.25) is 14.5 Å². The summed E-state index contributed by atoms with van der Waals surface area (Å²) in [5.41, 5.74) is 0.902. The van der Waals surface area contributed by atoms with Crippen LogP contribution in [0.15, 0.2) is 29.2 Å². The molecule has 2 heterocycles. The normalized spacial score (nSPS) is 25.3. The molecule has 184 valence electrons. The first-order chi connectivity index (χ1) is 16.4. The molecule has 3 aliphatic rings. The van der Waals surface area contributed by atoms with E-state index >= 15 is 0 Å². The molecule has 4 rings (SSSR count). The lowest BCUT2D eigenvalue weighted by atomic mass is 9.97. The number of rotatable bonds is 7. The fraction of sp³-hybridized carbons (Fsp3) is 0.577. The third-order valence-electron chi connectivity index (χ3n) is 6.47. The smallest absolute Gasteiger partial charge is 0.266 e. The molecule has 0 bridgehead atoms. The van der Waals surface area contributed by atoms with Gasteiger partial charge in [-0.05, 0) is 58.1 Å². The second-order valence-corrected chi connectivity index (χ2v) is 11.1. The van der Waals surface area contributed by atoms with Gasteiger partial charge in [0.05, 0.1) is 23.2 Å². The summed E-state index contributed by atoms with van der Waals surface area (Å²) in [6.07, 6.45) is 9.06. The third kappa shape index (κ3) is 6.40. The molecule has 8 heteroatoms. The van der Waals surface area contributed by atoms with E-state index in [0.717, 1.165) is 24.2 Å². The molecule has 2 saturated heterocycles. The standard InChI is InChI=1S/C26H34N2O4S2/c1-18-16-27(17-19(2)31-18)24(29)13-8-14-28-25(30)23(34-26(28)33)15-20-9-6-7-12-22(20)32-21-10-4-3-5-11-21/h6-7,9,12,15,18-19,21H,3-5,8,10-11,13-14,16-17H2,1-2H3/b23-15-. The third-order valence-corrected chi connectivity index (χ3v) is 7.85. The summed E-state index contributed by atoms with van der Waals surface area (Å²) in [5.74, 6) is 0.833. The average molecular weight is 503 g/mol. The largest absolute Gasteiger partial charge is 0.490 e. The molecule has 1 saturated carbocycles. The van der Waals surface area contributed by atoms with E-state index in [0.29, 0.717) is 41.7 Å². The van der Waals surface area contributed by atoms with Gasteiger partial charge in [0.15, 0.2) is 0 Å². The Kier molecular flexibility index (Phi) is 8.66. The number of hydrogen-bond acceptors (Lipinski definition) is 6. The summed E-state index contributed by atoms with van der Waals surface area (Å²) in [5, 5.41) is 0. The van der Waals surface area contributed by atoms with Gasteiger partial charge in [-0.15, -0.1) is 0 Å². The van der Waals surface area contributed by atoms with Gasteiger partial charge in [0, 0.05) is 31.6 Å². The molecule has 0 aromatic heterocycles. The number of ether oxygens (including phenoxy) is 2. The number of thiocarbonyl (C=S) groups is 1. The van der Waals surface area contributed by atoms with Crippen LogP contribution in [0.1, 0.15) is 64.4 Å². The van der Waals surface area contributed by atoms with Gasteiger partial charge >= 0.3 is 0 Å². The van der Waals surface area contributed by atoms with E-state index in [4.69, 9.17) is 21.7 Å². The first-order valence-electron chi connectivity index (χ1n) is 12.3. The highest BCUT2D eigenvalue weighted by molar-refractivity contribution is 8.26. The molecule has 0 radical (unpaired) electrons. The monoisotopic (exact) mass is 502 g/mol. The van der Waals surface area contributed by atoms with Crippen LogP contribution < -0.4 is 4.74 Å². The molecule has 2 unspecified atom stereocenters. The Morgan fingerprint density at radius 1 is 1.18 bits per heavy atom. The number of benzene rings is 1. The quantitative estimate of drug-likeness (QED) is 0.386. The van der Waals surface area contributed by atoms with Crippen LogP contribution in [0.2, 0.25) is 0 Å². The molecule has 2 amide bonds. The van der Waals surface area contributed by atoms with E-state index in [9.17, 15) is 9.59 Å². The van der Waals surface area contributed by atoms with Crippen LogP contribution in [0.5, 0.6) is 5.75 Å². The molecule has 1 aromatic rings. The zero-order valence-corrected chi connectivity index (χ0v) is 21.7. The maximum atomic E-state index is 13.1. The Balaban J connectivity index is 1.34. The molecular weight excluding hydrogens is 468 g/mol. The molecule has 0 N–H and O–H groups in total. The summed E-state index contributed by atoms with van der Waals surface area (Å²) in [6, 6.07) is 7.88. The second kappa shape index (κ2) is 11.7. The van der Waals surface area contributed by atoms with Crippen LogP contribution >= 0.6 is 24.0 Å². The molecule has 2 aliphatic heterocycles. The zero-order valence-electron chi connectivity index (χ0n) is 20.0. The molecule has 1 aliphatic carbocycles. The maximum absolute atomic E-state index is 13.1. The first kappa shape index (κ1) is 25.2. The van der Waals surface area contributed by atoms with Gasteiger partial charge in [-0.25, -0.2) is 0 Å². The number of nitrogens with zero attached hydrogens (tertiary/aromatic N) is 2. The summed E-state index contributed by atoms with van der Waals surface area (Å²) in [6.45, 7) is 5.66. The number of carbonyl (C=O) groups is 2. The van der Waals surface area contributed by atoms with Crippen molar-refractivity contribution in [3.05, 3.63) is 34.7 Å². The van der Waals surface area contributed by atoms with Crippen LogP contribution in [0, 0.1) is 0 Å². The molecule has 0 spiro atoms. The van der Waals surface area contributed by atoms with E-state index in [2.05, 4.69) is 0 Å². The average Bonchev–Trinajstić information content (AvgIpc) is 3.07. The minimum Gasteiger partial charge on any atom is -0.490 e. The number of hydrogen-bond donors (Lipinski definition) is 0. The van der Waals surface area contributed by atoms with Crippen LogP contribution in [0.3, 0.4) is 0 Å². The summed E-state index contributed by atoms with van der Waals surface area (Å²) < 4.78 is 12.5. The fourth-order valence-electron chi connectivity index (χ4n) is 4.83. The van der Waals surface area contributed by atoms with Crippen LogP contribution in [0.4, 0.5) is 0 Å². The summed E-state index contributed by atoms with van der Waals surface area (Å²) in [7, 11) is 0. The molecule has 34 heavy (non-hydrogen) atoms. The predicted octanol–water partition coefficient (Wildman–Crippen LogP) is 5.02. The van der Waals surface area contributed by atoms with E-state index in [-0.39, 0.29) is 30.1 Å². The van der Waals surface area contributed by atoms with Crippen molar-refractivity contribution in [3.8, 4) is 5.75 Å². The Hall–Kier alpha value is -1.90. The highest BCUT2D eigenvalue weighted by Gasteiger charge is 2.32. The van der Waals surface area contributed by atoms with Crippen LogP contribution in [-0.4, -0.2) is 63.9 Å². The zero-order chi connectivity index (χ0) is 24.1. The van der Waals surface area contributed by atoms with Gasteiger partial charge in [-0.1, -0.05) is 48.6 Å². The van der Waals surface area contributed by atoms with Gasteiger partial charge in [-0.2, -0.15) is 0 Å².